The van der Waals surface area contributed by atoms with E-state index in [2.05, 4.69) is 10.6 Å². The number of urea groups is 1. The molecule has 0 aromatic heterocycles. The van der Waals surface area contributed by atoms with Crippen LogP contribution in [0.1, 0.15) is 18.4 Å². The van der Waals surface area contributed by atoms with Gasteiger partial charge in [-0.25, -0.2) is 13.2 Å². The van der Waals surface area contributed by atoms with Crippen LogP contribution in [0.3, 0.4) is 0 Å². The largest absolute Gasteiger partial charge is 0.497 e. The number of carbonyl (C=O) groups excluding carboxylic acids is 1. The molecule has 1 aliphatic heterocycles. The molecule has 1 aliphatic rings. The van der Waals surface area contributed by atoms with E-state index in [0.717, 1.165) is 18.1 Å². The van der Waals surface area contributed by atoms with Crippen molar-refractivity contribution in [1.82, 2.24) is 9.62 Å². The number of aryl methyl sites for hydroxylation is 1. The molecule has 0 radical (unpaired) electrons. The predicted octanol–water partition coefficient (Wildman–Crippen LogP) is 3.13. The number of nitrogens with zero attached hydrogens (tertiary/aromatic N) is 2. The molecule has 1 atom stereocenters. The van der Waals surface area contributed by atoms with Crippen molar-refractivity contribution in [3.63, 3.8) is 0 Å². The minimum Gasteiger partial charge on any atom is -0.497 e. The fourth-order valence-corrected chi connectivity index (χ4v) is 5.28. The van der Waals surface area contributed by atoms with Crippen molar-refractivity contribution in [3.8, 4) is 5.75 Å². The summed E-state index contributed by atoms with van der Waals surface area (Å²) in [5, 5.41) is 17.0. The van der Waals surface area contributed by atoms with Crippen LogP contribution < -0.4 is 15.4 Å². The van der Waals surface area contributed by atoms with Gasteiger partial charge in [-0.15, -0.1) is 0 Å². The van der Waals surface area contributed by atoms with Crippen molar-refractivity contribution in [2.24, 2.45) is 5.92 Å². The van der Waals surface area contributed by atoms with Crippen molar-refractivity contribution in [3.05, 3.63) is 58.1 Å². The molecule has 1 fully saturated rings. The minimum atomic E-state index is -4.08. The smallest absolute Gasteiger partial charge is 0.319 e. The van der Waals surface area contributed by atoms with Gasteiger partial charge in [0.05, 0.1) is 18.1 Å². The van der Waals surface area contributed by atoms with Crippen LogP contribution in [0.25, 0.3) is 0 Å². The topological polar surface area (TPSA) is 131 Å². The number of nitro groups is 1. The van der Waals surface area contributed by atoms with Crippen LogP contribution in [0.5, 0.6) is 5.75 Å². The first-order chi connectivity index (χ1) is 15.2. The van der Waals surface area contributed by atoms with Crippen molar-refractivity contribution >= 4 is 27.4 Å². The van der Waals surface area contributed by atoms with Gasteiger partial charge in [-0.1, -0.05) is 17.7 Å². The number of sulfonamides is 1. The van der Waals surface area contributed by atoms with E-state index in [1.54, 1.807) is 12.1 Å². The van der Waals surface area contributed by atoms with E-state index in [0.29, 0.717) is 12.1 Å². The highest BCUT2D eigenvalue weighted by Gasteiger charge is 2.35. The second kappa shape index (κ2) is 9.96. The van der Waals surface area contributed by atoms with Crippen molar-refractivity contribution < 1.29 is 22.9 Å². The predicted molar refractivity (Wildman–Crippen MR) is 119 cm³/mol. The van der Waals surface area contributed by atoms with Gasteiger partial charge in [-0.2, -0.15) is 4.31 Å². The summed E-state index contributed by atoms with van der Waals surface area (Å²) in [7, 11) is -2.73. The number of rotatable bonds is 7. The Kier molecular flexibility index (Phi) is 7.31. The monoisotopic (exact) mass is 462 g/mol. The van der Waals surface area contributed by atoms with Crippen LogP contribution in [0.4, 0.5) is 16.2 Å². The molecule has 0 bridgehead atoms. The van der Waals surface area contributed by atoms with E-state index in [4.69, 9.17) is 4.74 Å². The Bertz CT molecular complexity index is 1090. The number of carbonyl (C=O) groups is 1. The van der Waals surface area contributed by atoms with Crippen molar-refractivity contribution in [2.75, 3.05) is 32.1 Å². The maximum atomic E-state index is 13.1. The molecule has 0 aliphatic carbocycles. The van der Waals surface area contributed by atoms with E-state index in [-0.39, 0.29) is 42.2 Å². The standard InChI is InChI=1S/C21H26N4O6S/c1-15-5-7-17(8-6-15)23-21(26)22-13-16-4-3-11-24(14-16)32(29,30)20-10-9-18(31-2)12-19(20)25(27)28/h5-10,12,16H,3-4,11,13-14H2,1-2H3,(H2,22,23,26). The van der Waals surface area contributed by atoms with Crippen LogP contribution >= 0.6 is 0 Å². The SMILES string of the molecule is COc1ccc(S(=O)(=O)N2CCCC(CNC(=O)Nc3ccc(C)cc3)C2)c([N+](=O)[O-])c1. The van der Waals surface area contributed by atoms with Crippen molar-refractivity contribution in [1.29, 1.82) is 0 Å². The summed E-state index contributed by atoms with van der Waals surface area (Å²) < 4.78 is 32.5. The molecule has 2 amide bonds. The Morgan fingerprint density at radius 1 is 1.25 bits per heavy atom. The van der Waals surface area contributed by atoms with Gasteiger partial charge in [-0.05, 0) is 49.9 Å². The lowest BCUT2D eigenvalue weighted by Crippen LogP contribution is -2.44. The highest BCUT2D eigenvalue weighted by molar-refractivity contribution is 7.89. The average Bonchev–Trinajstić information content (AvgIpc) is 2.79. The molecule has 3 rings (SSSR count). The van der Waals surface area contributed by atoms with E-state index in [9.17, 15) is 23.3 Å². The second-order valence-corrected chi connectivity index (χ2v) is 9.57. The Morgan fingerprint density at radius 3 is 2.62 bits per heavy atom. The van der Waals surface area contributed by atoms with E-state index in [1.807, 2.05) is 19.1 Å². The number of anilines is 1. The van der Waals surface area contributed by atoms with Crippen LogP contribution in [0.15, 0.2) is 47.4 Å². The number of hydrogen-bond acceptors (Lipinski definition) is 6. The first-order valence-electron chi connectivity index (χ1n) is 10.1. The van der Waals surface area contributed by atoms with Gasteiger partial charge in [0.2, 0.25) is 10.0 Å². The van der Waals surface area contributed by atoms with Gasteiger partial charge >= 0.3 is 6.03 Å². The lowest BCUT2D eigenvalue weighted by molar-refractivity contribution is -0.387. The van der Waals surface area contributed by atoms with E-state index in [1.165, 1.54) is 23.5 Å². The van der Waals surface area contributed by atoms with Crippen molar-refractivity contribution in [2.45, 2.75) is 24.7 Å². The highest BCUT2D eigenvalue weighted by atomic mass is 32.2. The Hall–Kier alpha value is -3.18. The maximum absolute atomic E-state index is 13.1. The molecule has 32 heavy (non-hydrogen) atoms. The summed E-state index contributed by atoms with van der Waals surface area (Å²) in [4.78, 5) is 22.5. The zero-order chi connectivity index (χ0) is 23.3. The molecule has 1 unspecified atom stereocenters. The zero-order valence-corrected chi connectivity index (χ0v) is 18.7. The molecular weight excluding hydrogens is 436 g/mol. The zero-order valence-electron chi connectivity index (χ0n) is 17.9. The maximum Gasteiger partial charge on any atom is 0.319 e. The summed E-state index contributed by atoms with van der Waals surface area (Å²) in [6.07, 6.45) is 1.33. The minimum absolute atomic E-state index is 0.111. The third-order valence-electron chi connectivity index (χ3n) is 5.32. The Balaban J connectivity index is 1.65. The van der Waals surface area contributed by atoms with E-state index >= 15 is 0 Å². The molecule has 1 saturated heterocycles. The number of piperidine rings is 1. The summed E-state index contributed by atoms with van der Waals surface area (Å²) in [6.45, 7) is 2.66. The number of ether oxygens (including phenoxy) is 1. The number of benzene rings is 2. The molecule has 2 N–H and O–H groups in total. The third kappa shape index (κ3) is 5.54. The van der Waals surface area contributed by atoms with E-state index < -0.39 is 20.6 Å². The number of hydrogen-bond donors (Lipinski definition) is 2. The van der Waals surface area contributed by atoms with Gasteiger partial charge in [0.15, 0.2) is 4.90 Å². The summed E-state index contributed by atoms with van der Waals surface area (Å²) >= 11 is 0. The summed E-state index contributed by atoms with van der Waals surface area (Å²) in [5.74, 6) is 0.0931. The normalized spacial score (nSPS) is 16.9. The lowest BCUT2D eigenvalue weighted by Gasteiger charge is -2.31. The quantitative estimate of drug-likeness (QED) is 0.480. The van der Waals surface area contributed by atoms with Crippen LogP contribution in [0.2, 0.25) is 0 Å². The number of nitro benzene ring substituents is 1. The molecule has 2 aromatic rings. The van der Waals surface area contributed by atoms with Crippen LogP contribution in [-0.2, 0) is 10.0 Å². The third-order valence-corrected chi connectivity index (χ3v) is 7.24. The molecule has 1 heterocycles. The fourth-order valence-electron chi connectivity index (χ4n) is 3.59. The number of nitrogens with one attached hydrogen (secondary N) is 2. The number of amides is 2. The summed E-state index contributed by atoms with van der Waals surface area (Å²) in [5.41, 5.74) is 1.21. The Labute approximate surface area is 186 Å². The van der Waals surface area contributed by atoms with Gasteiger partial charge in [0.25, 0.3) is 5.69 Å². The molecular formula is C21H26N4O6S. The highest BCUT2D eigenvalue weighted by Crippen LogP contribution is 2.32. The molecule has 11 heteroatoms. The lowest BCUT2D eigenvalue weighted by atomic mass is 10.00. The number of methoxy groups -OCH3 is 1. The molecule has 0 spiro atoms. The molecule has 2 aromatic carbocycles. The molecule has 10 nitrogen and oxygen atoms in total. The van der Waals surface area contributed by atoms with Gasteiger partial charge in [0, 0.05) is 25.3 Å². The second-order valence-electron chi connectivity index (χ2n) is 7.66. The van der Waals surface area contributed by atoms with Gasteiger partial charge in [0.1, 0.15) is 5.75 Å². The summed E-state index contributed by atoms with van der Waals surface area (Å²) in [6, 6.07) is 10.7. The molecule has 0 saturated carbocycles. The molecule has 172 valence electrons. The van der Waals surface area contributed by atoms with Crippen LogP contribution in [0, 0.1) is 23.0 Å². The Morgan fingerprint density at radius 2 is 1.97 bits per heavy atom. The van der Waals surface area contributed by atoms with Crippen LogP contribution in [-0.4, -0.2) is 50.4 Å². The average molecular weight is 463 g/mol. The van der Waals surface area contributed by atoms with Gasteiger partial charge < -0.3 is 15.4 Å². The first-order valence-corrected chi connectivity index (χ1v) is 11.6. The first kappa shape index (κ1) is 23.5. The fraction of sp³-hybridized carbons (Fsp3) is 0.381. The van der Waals surface area contributed by atoms with Gasteiger partial charge in [-0.3, -0.25) is 10.1 Å².